The molecule has 17 heavy (non-hydrogen) atoms. The third-order valence-electron chi connectivity index (χ3n) is 3.49. The maximum atomic E-state index is 12.3. The Labute approximate surface area is 103 Å². The molecule has 92 valence electrons. The predicted octanol–water partition coefficient (Wildman–Crippen LogP) is 2.38. The monoisotopic (exact) mass is 232 g/mol. The topological polar surface area (TPSA) is 46.3 Å². The van der Waals surface area contributed by atoms with Crippen molar-refractivity contribution in [2.75, 3.05) is 6.67 Å². The van der Waals surface area contributed by atoms with E-state index in [0.29, 0.717) is 12.7 Å². The van der Waals surface area contributed by atoms with Gasteiger partial charge < -0.3 is 10.6 Å². The maximum Gasteiger partial charge on any atom is 0.255 e. The summed E-state index contributed by atoms with van der Waals surface area (Å²) in [6, 6.07) is 9.75. The third-order valence-corrected chi connectivity index (χ3v) is 3.49. The molecule has 0 aromatic heterocycles. The summed E-state index contributed by atoms with van der Waals surface area (Å²) >= 11 is 0. The molecular formula is C14H20N2O. The van der Waals surface area contributed by atoms with Crippen LogP contribution in [0.25, 0.3) is 0 Å². The van der Waals surface area contributed by atoms with Crippen LogP contribution in [-0.2, 0) is 0 Å². The zero-order chi connectivity index (χ0) is 12.1. The van der Waals surface area contributed by atoms with Crippen molar-refractivity contribution < 1.29 is 4.79 Å². The van der Waals surface area contributed by atoms with E-state index in [0.717, 1.165) is 18.4 Å². The van der Waals surface area contributed by atoms with Crippen LogP contribution < -0.4 is 5.73 Å². The van der Waals surface area contributed by atoms with Crippen LogP contribution in [0.15, 0.2) is 30.3 Å². The lowest BCUT2D eigenvalue weighted by molar-refractivity contribution is 0.0641. The molecule has 3 nitrogen and oxygen atoms in total. The normalized spacial score (nSPS) is 16.8. The Hall–Kier alpha value is -1.35. The van der Waals surface area contributed by atoms with Crippen LogP contribution in [-0.4, -0.2) is 23.5 Å². The molecule has 2 rings (SSSR count). The molecule has 1 fully saturated rings. The van der Waals surface area contributed by atoms with Crippen LogP contribution in [0, 0.1) is 0 Å². The second kappa shape index (κ2) is 5.82. The van der Waals surface area contributed by atoms with Gasteiger partial charge in [-0.3, -0.25) is 4.79 Å². The average molecular weight is 232 g/mol. The van der Waals surface area contributed by atoms with Crippen LogP contribution in [0.2, 0.25) is 0 Å². The Morgan fingerprint density at radius 1 is 1.18 bits per heavy atom. The second-order valence-electron chi connectivity index (χ2n) is 4.62. The zero-order valence-corrected chi connectivity index (χ0v) is 10.1. The lowest BCUT2D eigenvalue weighted by Crippen LogP contribution is -2.44. The number of hydrogen-bond acceptors (Lipinski definition) is 2. The van der Waals surface area contributed by atoms with Gasteiger partial charge in [-0.2, -0.15) is 0 Å². The van der Waals surface area contributed by atoms with Crippen molar-refractivity contribution >= 4 is 5.91 Å². The number of hydrogen-bond donors (Lipinski definition) is 1. The minimum absolute atomic E-state index is 0.0694. The fourth-order valence-corrected chi connectivity index (χ4v) is 2.54. The molecule has 0 atom stereocenters. The van der Waals surface area contributed by atoms with E-state index < -0.39 is 0 Å². The molecular weight excluding hydrogens is 212 g/mol. The highest BCUT2D eigenvalue weighted by Crippen LogP contribution is 2.23. The summed E-state index contributed by atoms with van der Waals surface area (Å²) < 4.78 is 0. The number of carbonyl (C=O) groups is 1. The van der Waals surface area contributed by atoms with Crippen LogP contribution in [0.1, 0.15) is 42.5 Å². The summed E-state index contributed by atoms with van der Waals surface area (Å²) in [5.74, 6) is 0.0694. The van der Waals surface area contributed by atoms with E-state index in [1.807, 2.05) is 35.2 Å². The predicted molar refractivity (Wildman–Crippen MR) is 68.5 cm³/mol. The van der Waals surface area contributed by atoms with E-state index in [4.69, 9.17) is 5.73 Å². The first-order chi connectivity index (χ1) is 8.33. The van der Waals surface area contributed by atoms with E-state index in [2.05, 4.69) is 0 Å². The molecule has 1 aromatic carbocycles. The Bertz CT molecular complexity index is 358. The first-order valence-corrected chi connectivity index (χ1v) is 6.39. The summed E-state index contributed by atoms with van der Waals surface area (Å²) in [6.07, 6.45) is 5.90. The average Bonchev–Trinajstić information content (AvgIpc) is 2.42. The molecule has 0 spiro atoms. The molecule has 0 heterocycles. The summed E-state index contributed by atoms with van der Waals surface area (Å²) in [6.45, 7) is 0.318. The van der Waals surface area contributed by atoms with Gasteiger partial charge in [-0.25, -0.2) is 0 Å². The number of nitrogens with zero attached hydrogens (tertiary/aromatic N) is 1. The molecule has 1 aliphatic carbocycles. The van der Waals surface area contributed by atoms with Crippen molar-refractivity contribution in [3.63, 3.8) is 0 Å². The Morgan fingerprint density at radius 3 is 2.41 bits per heavy atom. The quantitative estimate of drug-likeness (QED) is 0.813. The Kier molecular flexibility index (Phi) is 4.15. The summed E-state index contributed by atoms with van der Waals surface area (Å²) in [5.41, 5.74) is 6.49. The first kappa shape index (κ1) is 12.1. The van der Waals surface area contributed by atoms with Crippen LogP contribution >= 0.6 is 0 Å². The van der Waals surface area contributed by atoms with E-state index in [9.17, 15) is 4.79 Å². The lowest BCUT2D eigenvalue weighted by atomic mass is 9.94. The molecule has 0 bridgehead atoms. The molecule has 1 aliphatic rings. The highest BCUT2D eigenvalue weighted by atomic mass is 16.2. The summed E-state index contributed by atoms with van der Waals surface area (Å²) in [7, 11) is 0. The molecule has 1 saturated carbocycles. The smallest absolute Gasteiger partial charge is 0.255 e. The van der Waals surface area contributed by atoms with Gasteiger partial charge in [0, 0.05) is 11.6 Å². The Morgan fingerprint density at radius 2 is 1.82 bits per heavy atom. The zero-order valence-electron chi connectivity index (χ0n) is 10.1. The minimum atomic E-state index is 0.0694. The van der Waals surface area contributed by atoms with Crippen molar-refractivity contribution in [1.82, 2.24) is 4.90 Å². The van der Waals surface area contributed by atoms with Gasteiger partial charge in [0.05, 0.1) is 6.67 Å². The van der Waals surface area contributed by atoms with Crippen molar-refractivity contribution in [2.24, 2.45) is 5.73 Å². The number of nitrogens with two attached hydrogens (primary N) is 1. The molecule has 0 saturated heterocycles. The third kappa shape index (κ3) is 2.86. The van der Waals surface area contributed by atoms with Gasteiger partial charge in [0.15, 0.2) is 0 Å². The number of benzene rings is 1. The van der Waals surface area contributed by atoms with Gasteiger partial charge in [-0.05, 0) is 25.0 Å². The number of carbonyl (C=O) groups excluding carboxylic acids is 1. The molecule has 0 aliphatic heterocycles. The van der Waals surface area contributed by atoms with Crippen LogP contribution in [0.5, 0.6) is 0 Å². The largest absolute Gasteiger partial charge is 0.323 e. The Balaban J connectivity index is 2.09. The number of amides is 1. The van der Waals surface area contributed by atoms with E-state index in [-0.39, 0.29) is 5.91 Å². The molecule has 1 amide bonds. The standard InChI is InChI=1S/C14H20N2O/c15-11-16(13-9-5-2-6-10-13)14(17)12-7-3-1-4-8-12/h1,3-4,7-8,13H,2,5-6,9-11,15H2. The van der Waals surface area contributed by atoms with Crippen LogP contribution in [0.3, 0.4) is 0 Å². The van der Waals surface area contributed by atoms with Gasteiger partial charge in [0.1, 0.15) is 0 Å². The fraction of sp³-hybridized carbons (Fsp3) is 0.500. The molecule has 3 heteroatoms. The van der Waals surface area contributed by atoms with Crippen molar-refractivity contribution in [2.45, 2.75) is 38.1 Å². The van der Waals surface area contributed by atoms with E-state index in [1.165, 1.54) is 19.3 Å². The highest BCUT2D eigenvalue weighted by molar-refractivity contribution is 5.94. The molecule has 0 radical (unpaired) electrons. The first-order valence-electron chi connectivity index (χ1n) is 6.39. The van der Waals surface area contributed by atoms with Crippen molar-refractivity contribution in [3.05, 3.63) is 35.9 Å². The van der Waals surface area contributed by atoms with Gasteiger partial charge in [0.2, 0.25) is 0 Å². The second-order valence-corrected chi connectivity index (χ2v) is 4.62. The van der Waals surface area contributed by atoms with E-state index >= 15 is 0 Å². The van der Waals surface area contributed by atoms with Crippen molar-refractivity contribution in [3.8, 4) is 0 Å². The lowest BCUT2D eigenvalue weighted by Gasteiger charge is -2.33. The highest BCUT2D eigenvalue weighted by Gasteiger charge is 2.24. The van der Waals surface area contributed by atoms with Gasteiger partial charge in [-0.15, -0.1) is 0 Å². The summed E-state index contributed by atoms with van der Waals surface area (Å²) in [4.78, 5) is 14.1. The molecule has 0 unspecified atom stereocenters. The van der Waals surface area contributed by atoms with Gasteiger partial charge >= 0.3 is 0 Å². The fourth-order valence-electron chi connectivity index (χ4n) is 2.54. The van der Waals surface area contributed by atoms with E-state index in [1.54, 1.807) is 0 Å². The molecule has 2 N–H and O–H groups in total. The SMILES string of the molecule is NCN(C(=O)c1ccccc1)C1CCCCC1. The minimum Gasteiger partial charge on any atom is -0.323 e. The summed E-state index contributed by atoms with van der Waals surface area (Å²) in [5, 5.41) is 0. The van der Waals surface area contributed by atoms with Gasteiger partial charge in [-0.1, -0.05) is 37.5 Å². The maximum absolute atomic E-state index is 12.3. The van der Waals surface area contributed by atoms with Gasteiger partial charge in [0.25, 0.3) is 5.91 Å². The van der Waals surface area contributed by atoms with Crippen molar-refractivity contribution in [1.29, 1.82) is 0 Å². The number of rotatable bonds is 3. The van der Waals surface area contributed by atoms with Crippen LogP contribution in [0.4, 0.5) is 0 Å². The molecule has 1 aromatic rings.